The molecule has 0 aromatic heterocycles. The monoisotopic (exact) mass is 251 g/mol. The summed E-state index contributed by atoms with van der Waals surface area (Å²) in [5.41, 5.74) is 2.31. The lowest BCUT2D eigenvalue weighted by Gasteiger charge is -2.30. The molecule has 1 nitrogen and oxygen atoms in total. The average molecular weight is 252 g/mol. The Morgan fingerprint density at radius 2 is 2.18 bits per heavy atom. The third-order valence-electron chi connectivity index (χ3n) is 3.90. The van der Waals surface area contributed by atoms with Gasteiger partial charge in [0.05, 0.1) is 0 Å². The van der Waals surface area contributed by atoms with E-state index in [9.17, 15) is 0 Å². The lowest BCUT2D eigenvalue weighted by molar-refractivity contribution is 0.327. The third-order valence-corrected chi connectivity index (χ3v) is 4.31. The highest BCUT2D eigenvalue weighted by Gasteiger charge is 2.20. The van der Waals surface area contributed by atoms with Gasteiger partial charge in [-0.05, 0) is 43.4 Å². The number of benzene rings is 1. The maximum Gasteiger partial charge on any atom is 0.0455 e. The molecule has 1 fully saturated rings. The maximum atomic E-state index is 6.15. The molecule has 0 amide bonds. The molecule has 0 aliphatic heterocycles. The van der Waals surface area contributed by atoms with E-state index in [1.807, 2.05) is 13.0 Å². The van der Waals surface area contributed by atoms with Crippen LogP contribution in [0.25, 0.3) is 0 Å². The highest BCUT2D eigenvalue weighted by molar-refractivity contribution is 6.31. The Kier molecular flexibility index (Phi) is 4.33. The first-order valence-corrected chi connectivity index (χ1v) is 7.09. The van der Waals surface area contributed by atoms with Crippen molar-refractivity contribution in [2.75, 3.05) is 5.32 Å². The SMILES string of the molecule is CCC1CCCC(Nc2ccc(C)c(Cl)c2)C1. The summed E-state index contributed by atoms with van der Waals surface area (Å²) in [5, 5.41) is 4.49. The van der Waals surface area contributed by atoms with Crippen LogP contribution in [0.5, 0.6) is 0 Å². The predicted octanol–water partition coefficient (Wildman–Crippen LogP) is 5.03. The standard InChI is InChI=1S/C15H22ClN/c1-3-12-5-4-6-13(9-12)17-14-8-7-11(2)15(16)10-14/h7-8,10,12-13,17H,3-6,9H2,1-2H3. The molecule has 0 bridgehead atoms. The van der Waals surface area contributed by atoms with E-state index in [0.29, 0.717) is 6.04 Å². The summed E-state index contributed by atoms with van der Waals surface area (Å²) >= 11 is 6.15. The fourth-order valence-corrected chi connectivity index (χ4v) is 2.89. The number of hydrogen-bond acceptors (Lipinski definition) is 1. The van der Waals surface area contributed by atoms with Crippen LogP contribution in [0.1, 0.15) is 44.6 Å². The number of halogens is 1. The quantitative estimate of drug-likeness (QED) is 0.795. The van der Waals surface area contributed by atoms with Crippen LogP contribution in [-0.4, -0.2) is 6.04 Å². The smallest absolute Gasteiger partial charge is 0.0455 e. The molecule has 1 aromatic carbocycles. The lowest BCUT2D eigenvalue weighted by Crippen LogP contribution is -2.27. The Balaban J connectivity index is 1.97. The van der Waals surface area contributed by atoms with E-state index in [0.717, 1.165) is 16.5 Å². The maximum absolute atomic E-state index is 6.15. The third kappa shape index (κ3) is 3.38. The van der Waals surface area contributed by atoms with Crippen LogP contribution in [0.3, 0.4) is 0 Å². The van der Waals surface area contributed by atoms with Crippen molar-refractivity contribution in [3.8, 4) is 0 Å². The number of aryl methyl sites for hydroxylation is 1. The van der Waals surface area contributed by atoms with E-state index < -0.39 is 0 Å². The van der Waals surface area contributed by atoms with Crippen molar-refractivity contribution in [2.45, 2.75) is 52.0 Å². The molecule has 1 N–H and O–H groups in total. The molecule has 1 aliphatic rings. The molecule has 0 heterocycles. The molecule has 1 aromatic rings. The highest BCUT2D eigenvalue weighted by atomic mass is 35.5. The summed E-state index contributed by atoms with van der Waals surface area (Å²) in [6.07, 6.45) is 6.68. The first kappa shape index (κ1) is 12.8. The van der Waals surface area contributed by atoms with Gasteiger partial charge in [0.25, 0.3) is 0 Å². The Morgan fingerprint density at radius 3 is 2.88 bits per heavy atom. The van der Waals surface area contributed by atoms with Gasteiger partial charge in [-0.1, -0.05) is 43.9 Å². The molecule has 0 radical (unpaired) electrons. The summed E-state index contributed by atoms with van der Waals surface area (Å²) in [4.78, 5) is 0. The van der Waals surface area contributed by atoms with Gasteiger partial charge in [0, 0.05) is 16.8 Å². The van der Waals surface area contributed by atoms with E-state index in [4.69, 9.17) is 11.6 Å². The van der Waals surface area contributed by atoms with Crippen molar-refractivity contribution in [3.05, 3.63) is 28.8 Å². The molecule has 1 saturated carbocycles. The van der Waals surface area contributed by atoms with Crippen LogP contribution in [0, 0.1) is 12.8 Å². The minimum Gasteiger partial charge on any atom is -0.382 e. The highest BCUT2D eigenvalue weighted by Crippen LogP contribution is 2.29. The Bertz CT molecular complexity index is 375. The summed E-state index contributed by atoms with van der Waals surface area (Å²) in [6.45, 7) is 4.34. The van der Waals surface area contributed by atoms with Crippen molar-refractivity contribution in [1.82, 2.24) is 0 Å². The Labute approximate surface area is 110 Å². The minimum atomic E-state index is 0.632. The number of nitrogens with one attached hydrogen (secondary N) is 1. The van der Waals surface area contributed by atoms with E-state index >= 15 is 0 Å². The molecule has 17 heavy (non-hydrogen) atoms. The van der Waals surface area contributed by atoms with Crippen LogP contribution >= 0.6 is 11.6 Å². The van der Waals surface area contributed by atoms with Gasteiger partial charge in [0.15, 0.2) is 0 Å². The van der Waals surface area contributed by atoms with E-state index in [1.165, 1.54) is 37.8 Å². The molecular weight excluding hydrogens is 230 g/mol. The van der Waals surface area contributed by atoms with Crippen LogP contribution in [0.15, 0.2) is 18.2 Å². The fraction of sp³-hybridized carbons (Fsp3) is 0.600. The van der Waals surface area contributed by atoms with Crippen molar-refractivity contribution in [3.63, 3.8) is 0 Å². The Morgan fingerprint density at radius 1 is 1.35 bits per heavy atom. The second kappa shape index (κ2) is 5.77. The molecule has 2 heteroatoms. The summed E-state index contributed by atoms with van der Waals surface area (Å²) in [6, 6.07) is 6.90. The van der Waals surface area contributed by atoms with E-state index in [-0.39, 0.29) is 0 Å². The molecule has 2 unspecified atom stereocenters. The zero-order chi connectivity index (χ0) is 12.3. The zero-order valence-corrected chi connectivity index (χ0v) is 11.6. The molecule has 0 saturated heterocycles. The van der Waals surface area contributed by atoms with Crippen LogP contribution in [-0.2, 0) is 0 Å². The van der Waals surface area contributed by atoms with Gasteiger partial charge in [-0.25, -0.2) is 0 Å². The molecule has 2 rings (SSSR count). The molecule has 94 valence electrons. The van der Waals surface area contributed by atoms with Gasteiger partial charge in [0.1, 0.15) is 0 Å². The van der Waals surface area contributed by atoms with Crippen molar-refractivity contribution < 1.29 is 0 Å². The van der Waals surface area contributed by atoms with Gasteiger partial charge < -0.3 is 5.32 Å². The number of rotatable bonds is 3. The van der Waals surface area contributed by atoms with Gasteiger partial charge in [-0.2, -0.15) is 0 Å². The second-order valence-electron chi connectivity index (χ2n) is 5.25. The number of hydrogen-bond donors (Lipinski definition) is 1. The molecular formula is C15H22ClN. The minimum absolute atomic E-state index is 0.632. The first-order chi connectivity index (χ1) is 8.19. The fourth-order valence-electron chi connectivity index (χ4n) is 2.71. The second-order valence-corrected chi connectivity index (χ2v) is 5.65. The van der Waals surface area contributed by atoms with Crippen molar-refractivity contribution in [2.24, 2.45) is 5.92 Å². The topological polar surface area (TPSA) is 12.0 Å². The summed E-state index contributed by atoms with van der Waals surface area (Å²) in [7, 11) is 0. The zero-order valence-electron chi connectivity index (χ0n) is 10.8. The van der Waals surface area contributed by atoms with Gasteiger partial charge in [-0.15, -0.1) is 0 Å². The van der Waals surface area contributed by atoms with Crippen LogP contribution in [0.4, 0.5) is 5.69 Å². The van der Waals surface area contributed by atoms with Gasteiger partial charge in [0.2, 0.25) is 0 Å². The molecule has 2 atom stereocenters. The summed E-state index contributed by atoms with van der Waals surface area (Å²) in [5.74, 6) is 0.905. The van der Waals surface area contributed by atoms with Gasteiger partial charge >= 0.3 is 0 Å². The average Bonchev–Trinajstić information content (AvgIpc) is 2.34. The predicted molar refractivity (Wildman–Crippen MR) is 75.8 cm³/mol. The van der Waals surface area contributed by atoms with Crippen molar-refractivity contribution in [1.29, 1.82) is 0 Å². The van der Waals surface area contributed by atoms with Crippen LogP contribution in [0.2, 0.25) is 5.02 Å². The number of anilines is 1. The van der Waals surface area contributed by atoms with Crippen molar-refractivity contribution >= 4 is 17.3 Å². The summed E-state index contributed by atoms with van der Waals surface area (Å²) < 4.78 is 0. The van der Waals surface area contributed by atoms with E-state index in [2.05, 4.69) is 24.4 Å². The van der Waals surface area contributed by atoms with Crippen LogP contribution < -0.4 is 5.32 Å². The van der Waals surface area contributed by atoms with E-state index in [1.54, 1.807) is 0 Å². The molecule has 1 aliphatic carbocycles. The first-order valence-electron chi connectivity index (χ1n) is 6.71. The normalized spacial score (nSPS) is 24.6. The lowest BCUT2D eigenvalue weighted by atomic mass is 9.84. The Hall–Kier alpha value is -0.690. The molecule has 0 spiro atoms. The largest absolute Gasteiger partial charge is 0.382 e. The van der Waals surface area contributed by atoms with Gasteiger partial charge in [-0.3, -0.25) is 0 Å².